The summed E-state index contributed by atoms with van der Waals surface area (Å²) in [5.74, 6) is 0.974. The Labute approximate surface area is 133 Å². The Morgan fingerprint density at radius 1 is 1.48 bits per heavy atom. The summed E-state index contributed by atoms with van der Waals surface area (Å²) in [4.78, 5) is 20.4. The number of aromatic nitrogens is 2. The fraction of sp³-hybridized carbons (Fsp3) is 0.438. The van der Waals surface area contributed by atoms with Crippen LogP contribution in [0.2, 0.25) is 0 Å². The van der Waals surface area contributed by atoms with E-state index in [1.54, 1.807) is 13.2 Å². The zero-order valence-electron chi connectivity index (χ0n) is 12.9. The third kappa shape index (κ3) is 3.56. The lowest BCUT2D eigenvalue weighted by molar-refractivity contribution is -0.117. The second kappa shape index (κ2) is 6.87. The highest BCUT2D eigenvalue weighted by molar-refractivity contribution is 5.94. The van der Waals surface area contributed by atoms with E-state index in [9.17, 15) is 9.18 Å². The van der Waals surface area contributed by atoms with Crippen LogP contribution in [0.15, 0.2) is 30.3 Å². The number of amides is 1. The highest BCUT2D eigenvalue weighted by atomic mass is 19.1. The summed E-state index contributed by atoms with van der Waals surface area (Å²) in [5.41, 5.74) is 1.57. The van der Waals surface area contributed by atoms with Gasteiger partial charge < -0.3 is 15.4 Å². The molecule has 122 valence electrons. The van der Waals surface area contributed by atoms with Gasteiger partial charge in [-0.05, 0) is 6.42 Å². The quantitative estimate of drug-likeness (QED) is 0.885. The Hall–Kier alpha value is -2.28. The largest absolute Gasteiger partial charge is 0.500 e. The van der Waals surface area contributed by atoms with Crippen molar-refractivity contribution in [2.75, 3.05) is 19.0 Å². The van der Waals surface area contributed by atoms with E-state index in [1.807, 2.05) is 6.08 Å². The summed E-state index contributed by atoms with van der Waals surface area (Å²) in [6.45, 7) is 0.210. The van der Waals surface area contributed by atoms with Crippen LogP contribution in [0.25, 0.3) is 5.57 Å². The van der Waals surface area contributed by atoms with Crippen molar-refractivity contribution in [2.45, 2.75) is 31.5 Å². The van der Waals surface area contributed by atoms with Crippen LogP contribution in [-0.4, -0.2) is 41.7 Å². The predicted octanol–water partition coefficient (Wildman–Crippen LogP) is 1.82. The number of allylic oxidation sites excluding steroid dienone is 4. The van der Waals surface area contributed by atoms with Gasteiger partial charge in [-0.25, -0.2) is 14.4 Å². The maximum absolute atomic E-state index is 13.2. The number of methoxy groups -OCH3 is 1. The molecule has 2 atom stereocenters. The minimum absolute atomic E-state index is 0.186. The second-order valence-electron chi connectivity index (χ2n) is 5.55. The lowest BCUT2D eigenvalue weighted by Gasteiger charge is -2.15. The van der Waals surface area contributed by atoms with Crippen LogP contribution in [0.4, 0.5) is 10.2 Å². The number of nitrogens with one attached hydrogen (secondary N) is 2. The van der Waals surface area contributed by atoms with Crippen LogP contribution in [-0.2, 0) is 9.53 Å². The van der Waals surface area contributed by atoms with E-state index in [0.717, 1.165) is 24.2 Å². The number of hydrogen-bond acceptors (Lipinski definition) is 5. The van der Waals surface area contributed by atoms with Crippen LogP contribution in [0.5, 0.6) is 0 Å². The van der Waals surface area contributed by atoms with E-state index in [0.29, 0.717) is 11.5 Å². The Balaban J connectivity index is 1.76. The van der Waals surface area contributed by atoms with Crippen molar-refractivity contribution < 1.29 is 13.9 Å². The van der Waals surface area contributed by atoms with Gasteiger partial charge in [0.25, 0.3) is 0 Å². The first-order valence-corrected chi connectivity index (χ1v) is 7.62. The monoisotopic (exact) mass is 318 g/mol. The van der Waals surface area contributed by atoms with Crippen molar-refractivity contribution in [3.05, 3.63) is 36.0 Å². The molecular weight excluding hydrogens is 299 g/mol. The molecule has 0 aromatic carbocycles. The van der Waals surface area contributed by atoms with Crippen molar-refractivity contribution in [2.24, 2.45) is 0 Å². The Morgan fingerprint density at radius 3 is 3.09 bits per heavy atom. The standard InChI is InChI=1S/C16H19FN4O2/c1-23-14-5-3-2-4-11(14)12-7-15(20-9-19-12)21-16(22)13-6-10(17)8-18-13/h2,4,7,9-10,13,18H,3,5-6,8H2,1H3,(H,19,20,21,22). The third-order valence-electron chi connectivity index (χ3n) is 3.96. The number of hydrogen-bond donors (Lipinski definition) is 2. The van der Waals surface area contributed by atoms with Crippen LogP contribution in [0.1, 0.15) is 25.0 Å². The third-order valence-corrected chi connectivity index (χ3v) is 3.96. The number of ether oxygens (including phenoxy) is 1. The van der Waals surface area contributed by atoms with Crippen LogP contribution >= 0.6 is 0 Å². The Bertz CT molecular complexity index is 659. The van der Waals surface area contributed by atoms with E-state index < -0.39 is 12.2 Å². The first-order valence-electron chi connectivity index (χ1n) is 7.62. The molecule has 23 heavy (non-hydrogen) atoms. The lowest BCUT2D eigenvalue weighted by atomic mass is 10.0. The molecule has 1 amide bonds. The van der Waals surface area contributed by atoms with E-state index in [4.69, 9.17) is 4.74 Å². The minimum atomic E-state index is -0.978. The van der Waals surface area contributed by atoms with E-state index in [2.05, 4.69) is 26.7 Å². The summed E-state index contributed by atoms with van der Waals surface area (Å²) in [6, 6.07) is 1.18. The van der Waals surface area contributed by atoms with Gasteiger partial charge in [-0.15, -0.1) is 0 Å². The Morgan fingerprint density at radius 2 is 2.35 bits per heavy atom. The zero-order valence-corrected chi connectivity index (χ0v) is 12.9. The summed E-state index contributed by atoms with van der Waals surface area (Å²) >= 11 is 0. The molecule has 1 fully saturated rings. The van der Waals surface area contributed by atoms with E-state index in [1.165, 1.54) is 6.33 Å². The summed E-state index contributed by atoms with van der Waals surface area (Å²) in [7, 11) is 1.64. The van der Waals surface area contributed by atoms with Crippen LogP contribution in [0, 0.1) is 0 Å². The molecule has 0 spiro atoms. The maximum Gasteiger partial charge on any atom is 0.242 e. The lowest BCUT2D eigenvalue weighted by Crippen LogP contribution is -2.35. The summed E-state index contributed by atoms with van der Waals surface area (Å²) < 4.78 is 18.6. The molecule has 1 saturated heterocycles. The molecule has 2 aliphatic rings. The number of alkyl halides is 1. The minimum Gasteiger partial charge on any atom is -0.500 e. The van der Waals surface area contributed by atoms with Crippen molar-refractivity contribution in [3.63, 3.8) is 0 Å². The molecule has 1 aliphatic carbocycles. The first kappa shape index (κ1) is 15.6. The molecule has 0 bridgehead atoms. The molecule has 2 unspecified atom stereocenters. The molecule has 6 nitrogen and oxygen atoms in total. The first-order chi connectivity index (χ1) is 11.2. The molecule has 2 N–H and O–H groups in total. The zero-order chi connectivity index (χ0) is 16.2. The number of nitrogens with zero attached hydrogens (tertiary/aromatic N) is 2. The van der Waals surface area contributed by atoms with Gasteiger partial charge in [-0.3, -0.25) is 4.79 Å². The number of anilines is 1. The molecule has 1 aromatic heterocycles. The fourth-order valence-corrected chi connectivity index (χ4v) is 2.76. The smallest absolute Gasteiger partial charge is 0.242 e. The average Bonchev–Trinajstić information content (AvgIpc) is 3.02. The van der Waals surface area contributed by atoms with Gasteiger partial charge >= 0.3 is 0 Å². The van der Waals surface area contributed by atoms with Gasteiger partial charge in [0.2, 0.25) is 5.91 Å². The molecule has 0 radical (unpaired) electrons. The van der Waals surface area contributed by atoms with Crippen molar-refractivity contribution in [1.29, 1.82) is 0 Å². The van der Waals surface area contributed by atoms with Gasteiger partial charge in [-0.2, -0.15) is 0 Å². The summed E-state index contributed by atoms with van der Waals surface area (Å²) in [6.07, 6.45) is 6.37. The molecule has 2 heterocycles. The number of halogens is 1. The van der Waals surface area contributed by atoms with Crippen LogP contribution < -0.4 is 10.6 Å². The van der Waals surface area contributed by atoms with Crippen molar-refractivity contribution >= 4 is 17.3 Å². The van der Waals surface area contributed by atoms with E-state index in [-0.39, 0.29) is 18.9 Å². The number of carbonyl (C=O) groups is 1. The molecular formula is C16H19FN4O2. The molecule has 3 rings (SSSR count). The molecule has 1 aliphatic heterocycles. The van der Waals surface area contributed by atoms with Gasteiger partial charge in [0.1, 0.15) is 24.1 Å². The normalized spacial score (nSPS) is 23.9. The van der Waals surface area contributed by atoms with Gasteiger partial charge in [-0.1, -0.05) is 12.2 Å². The number of carbonyl (C=O) groups excluding carboxylic acids is 1. The highest BCUT2D eigenvalue weighted by Gasteiger charge is 2.29. The molecule has 7 heteroatoms. The summed E-state index contributed by atoms with van der Waals surface area (Å²) in [5, 5.41) is 5.56. The highest BCUT2D eigenvalue weighted by Crippen LogP contribution is 2.27. The second-order valence-corrected chi connectivity index (χ2v) is 5.55. The van der Waals surface area contributed by atoms with E-state index >= 15 is 0 Å². The average molecular weight is 318 g/mol. The molecule has 0 saturated carbocycles. The fourth-order valence-electron chi connectivity index (χ4n) is 2.76. The Kier molecular flexibility index (Phi) is 4.66. The number of rotatable bonds is 4. The van der Waals surface area contributed by atoms with Crippen LogP contribution in [0.3, 0.4) is 0 Å². The van der Waals surface area contributed by atoms with Gasteiger partial charge in [0.15, 0.2) is 0 Å². The maximum atomic E-state index is 13.2. The van der Waals surface area contributed by atoms with Crippen molar-refractivity contribution in [1.82, 2.24) is 15.3 Å². The van der Waals surface area contributed by atoms with Gasteiger partial charge in [0.05, 0.1) is 18.8 Å². The molecule has 1 aromatic rings. The predicted molar refractivity (Wildman–Crippen MR) is 84.3 cm³/mol. The van der Waals surface area contributed by atoms with Gasteiger partial charge in [0, 0.05) is 31.0 Å². The topological polar surface area (TPSA) is 76.1 Å². The SMILES string of the molecule is COC1=C(c2cc(NC(=O)C3CC(F)CN3)ncn2)C=CCC1. The van der Waals surface area contributed by atoms with Crippen molar-refractivity contribution in [3.8, 4) is 0 Å².